The Kier molecular flexibility index (Phi) is 5.80. The van der Waals surface area contributed by atoms with E-state index in [-0.39, 0.29) is 12.1 Å². The second kappa shape index (κ2) is 6.03. The monoisotopic (exact) mass is 185 g/mol. The van der Waals surface area contributed by atoms with Crippen LogP contribution in [-0.2, 0) is 4.74 Å². The van der Waals surface area contributed by atoms with Crippen molar-refractivity contribution in [3.8, 4) is 0 Å². The summed E-state index contributed by atoms with van der Waals surface area (Å²) >= 11 is 0. The molecule has 0 unspecified atom stereocenters. The molecule has 0 rings (SSSR count). The predicted molar refractivity (Wildman–Crippen MR) is 57.7 cm³/mol. The van der Waals surface area contributed by atoms with Crippen molar-refractivity contribution in [1.29, 1.82) is 0 Å². The number of likely N-dealkylation sites (N-methyl/N-ethyl adjacent to an activating group) is 1. The first-order valence-electron chi connectivity index (χ1n) is 5.00. The molecular formula is C11H23NO. The number of hydrogen-bond donors (Lipinski definition) is 1. The zero-order valence-corrected chi connectivity index (χ0v) is 9.55. The highest BCUT2D eigenvalue weighted by atomic mass is 16.5. The van der Waals surface area contributed by atoms with Crippen molar-refractivity contribution in [2.24, 2.45) is 5.92 Å². The van der Waals surface area contributed by atoms with E-state index < -0.39 is 0 Å². The maximum absolute atomic E-state index is 5.55. The summed E-state index contributed by atoms with van der Waals surface area (Å²) in [5, 5.41) is 3.21. The van der Waals surface area contributed by atoms with Crippen molar-refractivity contribution in [3.63, 3.8) is 0 Å². The molecule has 0 aromatic rings. The van der Waals surface area contributed by atoms with Gasteiger partial charge >= 0.3 is 0 Å². The van der Waals surface area contributed by atoms with E-state index in [4.69, 9.17) is 4.74 Å². The van der Waals surface area contributed by atoms with Crippen molar-refractivity contribution in [2.45, 2.75) is 46.3 Å². The molecule has 0 bridgehead atoms. The molecule has 0 aliphatic heterocycles. The van der Waals surface area contributed by atoms with Gasteiger partial charge in [-0.25, -0.2) is 0 Å². The third-order valence-electron chi connectivity index (χ3n) is 1.83. The van der Waals surface area contributed by atoms with Crippen molar-refractivity contribution in [1.82, 2.24) is 5.32 Å². The fourth-order valence-corrected chi connectivity index (χ4v) is 1.27. The lowest BCUT2D eigenvalue weighted by atomic mass is 10.0. The lowest BCUT2D eigenvalue weighted by Gasteiger charge is -2.22. The maximum Gasteiger partial charge on any atom is 0.106 e. The van der Waals surface area contributed by atoms with E-state index in [0.29, 0.717) is 5.92 Å². The average molecular weight is 185 g/mol. The topological polar surface area (TPSA) is 21.3 Å². The second-order valence-corrected chi connectivity index (χ2v) is 4.10. The molecule has 1 atom stereocenters. The van der Waals surface area contributed by atoms with Gasteiger partial charge in [0.25, 0.3) is 0 Å². The van der Waals surface area contributed by atoms with Gasteiger partial charge < -0.3 is 10.1 Å². The number of hydrogen-bond acceptors (Lipinski definition) is 2. The van der Waals surface area contributed by atoms with Gasteiger partial charge in [0.15, 0.2) is 0 Å². The van der Waals surface area contributed by atoms with Crippen LogP contribution in [0, 0.1) is 5.92 Å². The minimum atomic E-state index is 0.218. The lowest BCUT2D eigenvalue weighted by Crippen LogP contribution is -2.30. The Morgan fingerprint density at radius 1 is 1.31 bits per heavy atom. The van der Waals surface area contributed by atoms with E-state index in [9.17, 15) is 0 Å². The largest absolute Gasteiger partial charge is 0.494 e. The molecule has 13 heavy (non-hydrogen) atoms. The van der Waals surface area contributed by atoms with Crippen LogP contribution in [0.25, 0.3) is 0 Å². The van der Waals surface area contributed by atoms with Crippen molar-refractivity contribution in [3.05, 3.63) is 12.3 Å². The van der Waals surface area contributed by atoms with E-state index in [1.807, 2.05) is 20.9 Å². The highest BCUT2D eigenvalue weighted by Gasteiger charge is 2.14. The summed E-state index contributed by atoms with van der Waals surface area (Å²) in [6.07, 6.45) is 1.29. The molecule has 0 fully saturated rings. The van der Waals surface area contributed by atoms with Crippen molar-refractivity contribution in [2.75, 3.05) is 7.05 Å². The summed E-state index contributed by atoms with van der Waals surface area (Å²) in [7, 11) is 1.95. The molecule has 78 valence electrons. The molecule has 1 N–H and O–H groups in total. The first-order chi connectivity index (χ1) is 5.97. The Morgan fingerprint density at radius 3 is 2.15 bits per heavy atom. The molecule has 0 aromatic carbocycles. The summed E-state index contributed by atoms with van der Waals surface area (Å²) in [5.41, 5.74) is 0. The quantitative estimate of drug-likeness (QED) is 0.642. The third-order valence-corrected chi connectivity index (χ3v) is 1.83. The van der Waals surface area contributed by atoms with E-state index in [1.165, 1.54) is 0 Å². The minimum Gasteiger partial charge on any atom is -0.494 e. The van der Waals surface area contributed by atoms with E-state index in [1.54, 1.807) is 0 Å². The van der Waals surface area contributed by atoms with Crippen LogP contribution in [0.4, 0.5) is 0 Å². The second-order valence-electron chi connectivity index (χ2n) is 4.10. The van der Waals surface area contributed by atoms with Gasteiger partial charge in [0.2, 0.25) is 0 Å². The molecule has 0 amide bonds. The van der Waals surface area contributed by atoms with Crippen LogP contribution >= 0.6 is 0 Å². The Labute approximate surface area is 82.4 Å². The number of rotatable bonds is 6. The number of ether oxygens (including phenoxy) is 1. The summed E-state index contributed by atoms with van der Waals surface area (Å²) in [6, 6.07) is 0.280. The van der Waals surface area contributed by atoms with Gasteiger partial charge in [-0.05, 0) is 33.2 Å². The van der Waals surface area contributed by atoms with Crippen LogP contribution in [0.1, 0.15) is 34.1 Å². The SMILES string of the molecule is C=C(OC(C)C)[C@@H](CC(C)C)NC. The minimum absolute atomic E-state index is 0.218. The van der Waals surface area contributed by atoms with Crippen LogP contribution in [-0.4, -0.2) is 19.2 Å². The fourth-order valence-electron chi connectivity index (χ4n) is 1.27. The maximum atomic E-state index is 5.55. The van der Waals surface area contributed by atoms with E-state index in [0.717, 1.165) is 12.2 Å². The Hall–Kier alpha value is -0.500. The molecule has 0 saturated carbocycles. The third kappa shape index (κ3) is 5.69. The molecule has 0 spiro atoms. The fraction of sp³-hybridized carbons (Fsp3) is 0.818. The molecular weight excluding hydrogens is 162 g/mol. The van der Waals surface area contributed by atoms with E-state index >= 15 is 0 Å². The molecule has 0 saturated heterocycles. The molecule has 0 radical (unpaired) electrons. The Balaban J connectivity index is 3.99. The van der Waals surface area contributed by atoms with Crippen molar-refractivity contribution >= 4 is 0 Å². The van der Waals surface area contributed by atoms with E-state index in [2.05, 4.69) is 25.7 Å². The molecule has 2 nitrogen and oxygen atoms in total. The van der Waals surface area contributed by atoms with Crippen LogP contribution in [0.3, 0.4) is 0 Å². The molecule has 0 aromatic heterocycles. The van der Waals surface area contributed by atoms with Crippen LogP contribution < -0.4 is 5.32 Å². The average Bonchev–Trinajstić information content (AvgIpc) is 1.98. The first kappa shape index (κ1) is 12.5. The van der Waals surface area contributed by atoms with Crippen molar-refractivity contribution < 1.29 is 4.74 Å². The summed E-state index contributed by atoms with van der Waals surface area (Å²) < 4.78 is 5.55. The predicted octanol–water partition coefficient (Wildman–Crippen LogP) is 2.56. The van der Waals surface area contributed by atoms with Crippen LogP contribution in [0.2, 0.25) is 0 Å². The van der Waals surface area contributed by atoms with Gasteiger partial charge in [-0.15, -0.1) is 0 Å². The Bertz CT molecular complexity index is 152. The Morgan fingerprint density at radius 2 is 1.85 bits per heavy atom. The smallest absolute Gasteiger partial charge is 0.106 e. The number of nitrogens with one attached hydrogen (secondary N) is 1. The van der Waals surface area contributed by atoms with Gasteiger partial charge in [0.1, 0.15) is 5.76 Å². The molecule has 0 heterocycles. The highest BCUT2D eigenvalue weighted by molar-refractivity contribution is 4.97. The summed E-state index contributed by atoms with van der Waals surface area (Å²) in [4.78, 5) is 0. The highest BCUT2D eigenvalue weighted by Crippen LogP contribution is 2.13. The molecule has 0 aliphatic rings. The summed E-state index contributed by atoms with van der Waals surface area (Å²) in [5.74, 6) is 1.51. The van der Waals surface area contributed by atoms with Gasteiger partial charge in [0, 0.05) is 0 Å². The van der Waals surface area contributed by atoms with Crippen LogP contribution in [0.5, 0.6) is 0 Å². The molecule has 0 aliphatic carbocycles. The van der Waals surface area contributed by atoms with Crippen LogP contribution in [0.15, 0.2) is 12.3 Å². The standard InChI is InChI=1S/C11H23NO/c1-8(2)7-11(12-6)10(5)13-9(3)4/h8-9,11-12H,5,7H2,1-4,6H3/t11-/m1/s1. The van der Waals surface area contributed by atoms with Gasteiger partial charge in [-0.1, -0.05) is 20.4 Å². The van der Waals surface area contributed by atoms with Gasteiger partial charge in [0.05, 0.1) is 12.1 Å². The van der Waals surface area contributed by atoms with Gasteiger partial charge in [-0.3, -0.25) is 0 Å². The van der Waals surface area contributed by atoms with Gasteiger partial charge in [-0.2, -0.15) is 0 Å². The lowest BCUT2D eigenvalue weighted by molar-refractivity contribution is 0.125. The zero-order valence-electron chi connectivity index (χ0n) is 9.55. The normalized spacial score (nSPS) is 13.5. The first-order valence-corrected chi connectivity index (χ1v) is 5.00. The molecule has 2 heteroatoms. The summed E-state index contributed by atoms with van der Waals surface area (Å²) in [6.45, 7) is 12.4. The zero-order chi connectivity index (χ0) is 10.4.